The van der Waals surface area contributed by atoms with E-state index in [1.54, 1.807) is 11.3 Å². The Kier molecular flexibility index (Phi) is 9.56. The smallest absolute Gasteiger partial charge is 0.494 e. The Bertz CT molecular complexity index is 1610. The molecule has 0 N–H and O–H groups in total. The van der Waals surface area contributed by atoms with E-state index in [9.17, 15) is 9.59 Å². The summed E-state index contributed by atoms with van der Waals surface area (Å²) < 4.78 is 18.1. The van der Waals surface area contributed by atoms with Gasteiger partial charge in [-0.25, -0.2) is 4.79 Å². The summed E-state index contributed by atoms with van der Waals surface area (Å²) in [7, 11) is 0. The van der Waals surface area contributed by atoms with Gasteiger partial charge < -0.3 is 19.1 Å². The minimum atomic E-state index is -0.813. The molecule has 3 heterocycles. The second-order valence-corrected chi connectivity index (χ2v) is 13.3. The van der Waals surface area contributed by atoms with Crippen LogP contribution in [0, 0.1) is 0 Å². The fourth-order valence-electron chi connectivity index (χ4n) is 6.21. The number of piperazine rings is 1. The Balaban J connectivity index is 0.969. The molecule has 0 aliphatic carbocycles. The van der Waals surface area contributed by atoms with Crippen LogP contribution >= 0.6 is 11.3 Å². The van der Waals surface area contributed by atoms with Gasteiger partial charge in [-0.1, -0.05) is 56.3 Å². The normalized spacial score (nSPS) is 16.4. The summed E-state index contributed by atoms with van der Waals surface area (Å²) >= 11 is 1.80. The molecule has 0 saturated carbocycles. The van der Waals surface area contributed by atoms with Crippen molar-refractivity contribution in [2.45, 2.75) is 45.1 Å². The predicted molar refractivity (Wildman–Crippen MR) is 179 cm³/mol. The zero-order valence-electron chi connectivity index (χ0n) is 26.1. The van der Waals surface area contributed by atoms with Crippen molar-refractivity contribution >= 4 is 44.9 Å². The quantitative estimate of drug-likeness (QED) is 0.129. The van der Waals surface area contributed by atoms with Crippen molar-refractivity contribution in [2.24, 2.45) is 0 Å². The molecular weight excluding hydrogens is 586 g/mol. The monoisotopic (exact) mass is 627 g/mol. The standard InChI is InChI=1S/C36H41N3O5S/c1-36(2)24-34(40)39(26-44-35(41)43-25-27-9-4-3-5-10-27)32-23-28(13-14-30(32)36)42-21-7-6-16-37-17-19-38(20-18-37)31-11-8-12-33-29(31)15-22-45-33/h3-5,8-15,22-23H,6-7,16-21,24-26H2,1-2H3. The lowest BCUT2D eigenvalue weighted by Crippen LogP contribution is -2.46. The summed E-state index contributed by atoms with van der Waals surface area (Å²) in [4.78, 5) is 32.0. The molecule has 6 rings (SSSR count). The third-order valence-electron chi connectivity index (χ3n) is 8.72. The molecule has 0 spiro atoms. The summed E-state index contributed by atoms with van der Waals surface area (Å²) in [6.45, 7) is 9.86. The molecule has 0 radical (unpaired) electrons. The highest BCUT2D eigenvalue weighted by Crippen LogP contribution is 2.42. The van der Waals surface area contributed by atoms with Crippen LogP contribution in [-0.4, -0.2) is 63.0 Å². The lowest BCUT2D eigenvalue weighted by atomic mass is 9.77. The number of hydrogen-bond acceptors (Lipinski definition) is 8. The molecule has 0 atom stereocenters. The molecule has 1 amide bonds. The van der Waals surface area contributed by atoms with Gasteiger partial charge in [0, 0.05) is 59.9 Å². The SMILES string of the molecule is CC1(C)CC(=O)N(COC(=O)OCc2ccccc2)c2cc(OCCCCN3CCN(c4cccc5sccc45)CC3)ccc21. The van der Waals surface area contributed by atoms with Gasteiger partial charge in [0.2, 0.25) is 5.91 Å². The van der Waals surface area contributed by atoms with Gasteiger partial charge >= 0.3 is 6.16 Å². The number of ether oxygens (including phenoxy) is 3. The second-order valence-electron chi connectivity index (χ2n) is 12.4. The van der Waals surface area contributed by atoms with Crippen molar-refractivity contribution in [2.75, 3.05) is 55.9 Å². The Morgan fingerprint density at radius 2 is 1.71 bits per heavy atom. The van der Waals surface area contributed by atoms with Crippen LogP contribution in [0.4, 0.5) is 16.2 Å². The van der Waals surface area contributed by atoms with Gasteiger partial charge in [0.15, 0.2) is 6.73 Å². The maximum Gasteiger partial charge on any atom is 0.510 e. The Morgan fingerprint density at radius 1 is 0.889 bits per heavy atom. The first kappa shape index (κ1) is 30.9. The van der Waals surface area contributed by atoms with Crippen LogP contribution in [0.2, 0.25) is 0 Å². The zero-order valence-corrected chi connectivity index (χ0v) is 26.9. The number of fused-ring (bicyclic) bond motifs is 2. The first-order valence-electron chi connectivity index (χ1n) is 15.7. The molecule has 2 aliphatic heterocycles. The number of thiophene rings is 1. The molecular formula is C36H41N3O5S. The minimum Gasteiger partial charge on any atom is -0.494 e. The molecule has 236 valence electrons. The van der Waals surface area contributed by atoms with Gasteiger partial charge in [-0.2, -0.15) is 0 Å². The van der Waals surface area contributed by atoms with E-state index in [4.69, 9.17) is 14.2 Å². The topological polar surface area (TPSA) is 71.5 Å². The number of carbonyl (C=O) groups excluding carboxylic acids is 2. The zero-order chi connectivity index (χ0) is 31.2. The molecule has 45 heavy (non-hydrogen) atoms. The van der Waals surface area contributed by atoms with Crippen molar-refractivity contribution < 1.29 is 23.8 Å². The van der Waals surface area contributed by atoms with Crippen LogP contribution in [0.5, 0.6) is 5.75 Å². The minimum absolute atomic E-state index is 0.104. The molecule has 0 unspecified atom stereocenters. The van der Waals surface area contributed by atoms with E-state index in [2.05, 4.69) is 53.3 Å². The van der Waals surface area contributed by atoms with E-state index in [-0.39, 0.29) is 24.7 Å². The molecule has 1 fully saturated rings. The van der Waals surface area contributed by atoms with Gasteiger partial charge in [0.1, 0.15) is 12.4 Å². The fourth-order valence-corrected chi connectivity index (χ4v) is 7.02. The number of rotatable bonds is 11. The number of benzene rings is 3. The van der Waals surface area contributed by atoms with Crippen LogP contribution in [0.1, 0.15) is 44.2 Å². The third kappa shape index (κ3) is 7.43. The third-order valence-corrected chi connectivity index (χ3v) is 9.60. The fraction of sp³-hybridized carbons (Fsp3) is 0.389. The summed E-state index contributed by atoms with van der Waals surface area (Å²) in [5.74, 6) is 0.597. The van der Waals surface area contributed by atoms with Crippen LogP contribution in [0.25, 0.3) is 10.1 Å². The molecule has 4 aromatic rings. The van der Waals surface area contributed by atoms with E-state index in [0.29, 0.717) is 24.5 Å². The predicted octanol–water partition coefficient (Wildman–Crippen LogP) is 7.21. The number of unbranched alkanes of at least 4 members (excludes halogenated alkanes) is 1. The Morgan fingerprint density at radius 3 is 2.53 bits per heavy atom. The Labute approximate surface area is 269 Å². The molecule has 1 saturated heterocycles. The van der Waals surface area contributed by atoms with Crippen LogP contribution in [-0.2, 0) is 26.3 Å². The van der Waals surface area contributed by atoms with Gasteiger partial charge in [0.25, 0.3) is 0 Å². The van der Waals surface area contributed by atoms with Gasteiger partial charge in [-0.15, -0.1) is 11.3 Å². The first-order valence-corrected chi connectivity index (χ1v) is 16.6. The van der Waals surface area contributed by atoms with Crippen molar-refractivity contribution in [1.29, 1.82) is 0 Å². The summed E-state index contributed by atoms with van der Waals surface area (Å²) in [5, 5.41) is 3.54. The van der Waals surface area contributed by atoms with Gasteiger partial charge in [-0.05, 0) is 60.2 Å². The van der Waals surface area contributed by atoms with E-state index in [1.165, 1.54) is 20.7 Å². The van der Waals surface area contributed by atoms with Crippen molar-refractivity contribution in [3.8, 4) is 5.75 Å². The number of nitrogens with zero attached hydrogens (tertiary/aromatic N) is 3. The summed E-state index contributed by atoms with van der Waals surface area (Å²) in [6.07, 6.45) is 1.50. The molecule has 3 aromatic carbocycles. The molecule has 9 heteroatoms. The highest BCUT2D eigenvalue weighted by atomic mass is 32.1. The number of anilines is 2. The van der Waals surface area contributed by atoms with E-state index in [0.717, 1.165) is 56.7 Å². The molecule has 1 aromatic heterocycles. The maximum atomic E-state index is 13.1. The summed E-state index contributed by atoms with van der Waals surface area (Å²) in [6, 6.07) is 24.1. The summed E-state index contributed by atoms with van der Waals surface area (Å²) in [5.41, 5.74) is 3.61. The molecule has 0 bridgehead atoms. The maximum absolute atomic E-state index is 13.1. The van der Waals surface area contributed by atoms with Crippen molar-refractivity contribution in [1.82, 2.24) is 4.90 Å². The lowest BCUT2D eigenvalue weighted by molar-refractivity contribution is -0.121. The van der Waals surface area contributed by atoms with Crippen molar-refractivity contribution in [3.63, 3.8) is 0 Å². The van der Waals surface area contributed by atoms with Crippen LogP contribution in [0.15, 0.2) is 78.2 Å². The number of amides is 1. The highest BCUT2D eigenvalue weighted by molar-refractivity contribution is 7.17. The molecule has 2 aliphatic rings. The van der Waals surface area contributed by atoms with E-state index >= 15 is 0 Å². The van der Waals surface area contributed by atoms with Crippen LogP contribution < -0.4 is 14.5 Å². The van der Waals surface area contributed by atoms with Gasteiger partial charge in [0.05, 0.1) is 12.3 Å². The average molecular weight is 628 g/mol. The molecule has 8 nitrogen and oxygen atoms in total. The first-order chi connectivity index (χ1) is 21.9. The second kappa shape index (κ2) is 13.9. The van der Waals surface area contributed by atoms with Crippen LogP contribution in [0.3, 0.4) is 0 Å². The average Bonchev–Trinajstić information content (AvgIpc) is 3.53. The Hall–Kier alpha value is -4.08. The van der Waals surface area contributed by atoms with Crippen molar-refractivity contribution in [3.05, 3.63) is 89.3 Å². The largest absolute Gasteiger partial charge is 0.510 e. The number of hydrogen-bond donors (Lipinski definition) is 0. The highest BCUT2D eigenvalue weighted by Gasteiger charge is 2.37. The lowest BCUT2D eigenvalue weighted by Gasteiger charge is -2.38. The van der Waals surface area contributed by atoms with Gasteiger partial charge in [-0.3, -0.25) is 14.6 Å². The van der Waals surface area contributed by atoms with E-state index < -0.39 is 6.16 Å². The number of carbonyl (C=O) groups is 2. The van der Waals surface area contributed by atoms with E-state index in [1.807, 2.05) is 48.5 Å².